The first-order chi connectivity index (χ1) is 17.9. The van der Waals surface area contributed by atoms with Crippen molar-refractivity contribution in [2.45, 2.75) is 18.0 Å². The summed E-state index contributed by atoms with van der Waals surface area (Å²) in [6.07, 6.45) is -1.93. The topological polar surface area (TPSA) is 84.8 Å². The second kappa shape index (κ2) is 9.40. The van der Waals surface area contributed by atoms with E-state index in [2.05, 4.69) is 19.7 Å². The van der Waals surface area contributed by atoms with Gasteiger partial charge < -0.3 is 0 Å². The number of pyridine rings is 2. The van der Waals surface area contributed by atoms with E-state index < -0.39 is 38.4 Å². The van der Waals surface area contributed by atoms with Gasteiger partial charge in [-0.1, -0.05) is 29.5 Å². The summed E-state index contributed by atoms with van der Waals surface area (Å²) in [5, 5.41) is 0.505. The maximum Gasteiger partial charge on any atom is 0.433 e. The fourth-order valence-electron chi connectivity index (χ4n) is 3.69. The first kappa shape index (κ1) is 25.7. The Labute approximate surface area is 216 Å². The van der Waals surface area contributed by atoms with Crippen molar-refractivity contribution >= 4 is 37.4 Å². The van der Waals surface area contributed by atoms with Gasteiger partial charge in [0.2, 0.25) is 0 Å². The third-order valence-electron chi connectivity index (χ3n) is 5.63. The molecule has 0 aliphatic rings. The van der Waals surface area contributed by atoms with Gasteiger partial charge in [-0.25, -0.2) is 27.2 Å². The number of fused-ring (bicyclic) bond motifs is 1. The molecule has 0 unspecified atom stereocenters. The number of anilines is 1. The predicted octanol–water partition coefficient (Wildman–Crippen LogP) is 6.83. The molecule has 38 heavy (non-hydrogen) atoms. The number of thiazole rings is 1. The largest absolute Gasteiger partial charge is 0.433 e. The molecule has 3 heterocycles. The summed E-state index contributed by atoms with van der Waals surface area (Å²) in [7, 11) is -4.43. The number of halogens is 5. The van der Waals surface area contributed by atoms with Gasteiger partial charge in [0.25, 0.3) is 10.0 Å². The van der Waals surface area contributed by atoms with Crippen molar-refractivity contribution in [1.29, 1.82) is 0 Å². The van der Waals surface area contributed by atoms with Gasteiger partial charge in [0.05, 0.1) is 5.69 Å². The Bertz CT molecular complexity index is 1790. The Morgan fingerprint density at radius 2 is 1.68 bits per heavy atom. The van der Waals surface area contributed by atoms with Crippen LogP contribution in [0.25, 0.3) is 32.0 Å². The van der Waals surface area contributed by atoms with Crippen LogP contribution < -0.4 is 4.72 Å². The van der Waals surface area contributed by atoms with Crippen molar-refractivity contribution in [1.82, 2.24) is 15.0 Å². The molecular formula is C25H15F5N4O2S2. The number of hydrogen-bond acceptors (Lipinski definition) is 6. The lowest BCUT2D eigenvalue weighted by Gasteiger charge is -2.13. The number of nitrogens with one attached hydrogen (secondary N) is 1. The molecule has 5 aromatic rings. The summed E-state index contributed by atoms with van der Waals surface area (Å²) in [5.74, 6) is -1.99. The third kappa shape index (κ3) is 4.94. The molecule has 0 radical (unpaired) electrons. The summed E-state index contributed by atoms with van der Waals surface area (Å²) in [5.41, 5.74) is 1.64. The standard InChI is InChI=1S/C25H15F5N4O2S2/c1-13-17(3-2-4-19(13)34-38(35,36)21-10-16(26)6-7-18(21)27)23-33-20-9-15(12-32-24(20)37-23)14-5-8-22(31-11-14)25(28,29)30/h2-12,34H,1H3. The molecule has 6 nitrogen and oxygen atoms in total. The molecule has 0 aliphatic heterocycles. The Morgan fingerprint density at radius 3 is 2.39 bits per heavy atom. The molecule has 0 atom stereocenters. The van der Waals surface area contributed by atoms with Crippen LogP contribution in [0.15, 0.2) is 71.9 Å². The van der Waals surface area contributed by atoms with E-state index in [0.29, 0.717) is 43.7 Å². The van der Waals surface area contributed by atoms with Gasteiger partial charge in [-0.15, -0.1) is 0 Å². The van der Waals surface area contributed by atoms with Gasteiger partial charge in [0, 0.05) is 29.1 Å². The minimum absolute atomic E-state index is 0.148. The lowest BCUT2D eigenvalue weighted by Crippen LogP contribution is -2.15. The van der Waals surface area contributed by atoms with Crippen molar-refractivity contribution in [3.8, 4) is 21.7 Å². The molecule has 0 amide bonds. The zero-order valence-electron chi connectivity index (χ0n) is 19.2. The Morgan fingerprint density at radius 1 is 0.921 bits per heavy atom. The molecule has 1 N–H and O–H groups in total. The van der Waals surface area contributed by atoms with Gasteiger partial charge in [0.1, 0.15) is 37.6 Å². The monoisotopic (exact) mass is 562 g/mol. The second-order valence-electron chi connectivity index (χ2n) is 8.16. The van der Waals surface area contributed by atoms with Crippen LogP contribution in [0.1, 0.15) is 11.3 Å². The highest BCUT2D eigenvalue weighted by molar-refractivity contribution is 7.92. The Balaban J connectivity index is 1.47. The predicted molar refractivity (Wildman–Crippen MR) is 133 cm³/mol. The molecule has 3 aromatic heterocycles. The van der Waals surface area contributed by atoms with Gasteiger partial charge >= 0.3 is 6.18 Å². The minimum atomic E-state index is -4.55. The summed E-state index contributed by atoms with van der Waals surface area (Å²) in [6.45, 7) is 1.65. The zero-order chi connectivity index (χ0) is 27.2. The van der Waals surface area contributed by atoms with E-state index in [9.17, 15) is 30.4 Å². The lowest BCUT2D eigenvalue weighted by molar-refractivity contribution is -0.141. The van der Waals surface area contributed by atoms with Crippen LogP contribution in [0, 0.1) is 18.6 Å². The fraction of sp³-hybridized carbons (Fsp3) is 0.0800. The van der Waals surface area contributed by atoms with Crippen LogP contribution in [0.5, 0.6) is 0 Å². The summed E-state index contributed by atoms with van der Waals surface area (Å²) < 4.78 is 93.9. The van der Waals surface area contributed by atoms with Crippen LogP contribution in [-0.2, 0) is 16.2 Å². The molecule has 0 spiro atoms. The number of nitrogens with zero attached hydrogens (tertiary/aromatic N) is 3. The van der Waals surface area contributed by atoms with Gasteiger partial charge in [-0.2, -0.15) is 13.2 Å². The quantitative estimate of drug-likeness (QED) is 0.238. The fourth-order valence-corrected chi connectivity index (χ4v) is 5.88. The highest BCUT2D eigenvalue weighted by Crippen LogP contribution is 2.36. The number of sulfonamides is 1. The van der Waals surface area contributed by atoms with E-state index in [1.165, 1.54) is 29.7 Å². The van der Waals surface area contributed by atoms with E-state index >= 15 is 0 Å². The number of hydrogen-bond donors (Lipinski definition) is 1. The number of benzene rings is 2. The second-order valence-corrected chi connectivity index (χ2v) is 10.8. The molecule has 5 rings (SSSR count). The minimum Gasteiger partial charge on any atom is -0.279 e. The first-order valence-corrected chi connectivity index (χ1v) is 13.1. The Kier molecular flexibility index (Phi) is 6.35. The first-order valence-electron chi connectivity index (χ1n) is 10.8. The Hall–Kier alpha value is -3.97. The molecule has 13 heteroatoms. The van der Waals surface area contributed by atoms with E-state index in [0.717, 1.165) is 24.4 Å². The lowest BCUT2D eigenvalue weighted by atomic mass is 10.1. The molecular weight excluding hydrogens is 547 g/mol. The number of aromatic nitrogens is 3. The highest BCUT2D eigenvalue weighted by atomic mass is 32.2. The third-order valence-corrected chi connectivity index (χ3v) is 8.02. The van der Waals surface area contributed by atoms with Crippen LogP contribution in [0.2, 0.25) is 0 Å². The smallest absolute Gasteiger partial charge is 0.279 e. The zero-order valence-corrected chi connectivity index (χ0v) is 20.8. The number of alkyl halides is 3. The van der Waals surface area contributed by atoms with Crippen molar-refractivity contribution in [2.24, 2.45) is 0 Å². The average Bonchev–Trinajstić information content (AvgIpc) is 3.29. The van der Waals surface area contributed by atoms with Crippen molar-refractivity contribution < 1.29 is 30.4 Å². The molecule has 0 aliphatic carbocycles. The average molecular weight is 563 g/mol. The van der Waals surface area contributed by atoms with Crippen molar-refractivity contribution in [3.05, 3.63) is 89.9 Å². The van der Waals surface area contributed by atoms with E-state index in [-0.39, 0.29) is 5.69 Å². The van der Waals surface area contributed by atoms with E-state index in [1.807, 2.05) is 0 Å². The van der Waals surface area contributed by atoms with Crippen molar-refractivity contribution in [2.75, 3.05) is 4.72 Å². The molecule has 0 saturated heterocycles. The van der Waals surface area contributed by atoms with Gasteiger partial charge in [-0.3, -0.25) is 9.71 Å². The molecule has 0 bridgehead atoms. The number of rotatable bonds is 5. The van der Waals surface area contributed by atoms with Crippen LogP contribution in [0.4, 0.5) is 27.6 Å². The summed E-state index contributed by atoms with van der Waals surface area (Å²) >= 11 is 1.23. The van der Waals surface area contributed by atoms with Crippen molar-refractivity contribution in [3.63, 3.8) is 0 Å². The normalized spacial score (nSPS) is 12.2. The molecule has 0 fully saturated rings. The highest BCUT2D eigenvalue weighted by Gasteiger charge is 2.32. The van der Waals surface area contributed by atoms with Crippen LogP contribution in [0.3, 0.4) is 0 Å². The molecule has 0 saturated carbocycles. The summed E-state index contributed by atoms with van der Waals surface area (Å²) in [4.78, 5) is 12.1. The van der Waals surface area contributed by atoms with E-state index in [4.69, 9.17) is 0 Å². The molecule has 2 aromatic carbocycles. The van der Waals surface area contributed by atoms with Crippen LogP contribution in [-0.4, -0.2) is 23.4 Å². The maximum atomic E-state index is 14.1. The summed E-state index contributed by atoms with van der Waals surface area (Å²) in [6, 6.07) is 10.8. The van der Waals surface area contributed by atoms with Gasteiger partial charge in [0.15, 0.2) is 0 Å². The van der Waals surface area contributed by atoms with Gasteiger partial charge in [-0.05, 0) is 48.9 Å². The molecule has 194 valence electrons. The van der Waals surface area contributed by atoms with Crippen LogP contribution >= 0.6 is 11.3 Å². The van der Waals surface area contributed by atoms with E-state index in [1.54, 1.807) is 25.1 Å². The maximum absolute atomic E-state index is 14.1. The SMILES string of the molecule is Cc1c(NS(=O)(=O)c2cc(F)ccc2F)cccc1-c1nc2cc(-c3ccc(C(F)(F)F)nc3)cnc2s1.